The Kier molecular flexibility index (Phi) is 3.03. The lowest BCUT2D eigenvalue weighted by molar-refractivity contribution is 0.352. The van der Waals surface area contributed by atoms with Crippen LogP contribution in [0.2, 0.25) is 0 Å². The molecule has 2 rings (SSSR count). The number of aromatic nitrogens is 1. The maximum absolute atomic E-state index is 4.96. The fraction of sp³-hybridized carbons (Fsp3) is 0.700. The normalized spacial score (nSPS) is 17.5. The van der Waals surface area contributed by atoms with Crippen LogP contribution in [0.25, 0.3) is 0 Å². The molecule has 1 aliphatic rings. The van der Waals surface area contributed by atoms with Gasteiger partial charge in [-0.2, -0.15) is 0 Å². The number of rotatable bonds is 4. The van der Waals surface area contributed by atoms with E-state index < -0.39 is 0 Å². The van der Waals surface area contributed by atoms with Gasteiger partial charge in [-0.05, 0) is 32.9 Å². The van der Waals surface area contributed by atoms with Crippen LogP contribution >= 0.6 is 0 Å². The molecule has 0 unspecified atom stereocenters. The van der Waals surface area contributed by atoms with Crippen molar-refractivity contribution in [1.82, 2.24) is 10.1 Å². The van der Waals surface area contributed by atoms with Crippen molar-refractivity contribution in [3.8, 4) is 0 Å². The maximum atomic E-state index is 4.96. The predicted octanol–water partition coefficient (Wildman–Crippen LogP) is 1.49. The molecule has 78 valence electrons. The van der Waals surface area contributed by atoms with Gasteiger partial charge in [-0.3, -0.25) is 0 Å². The molecule has 14 heavy (non-hydrogen) atoms. The SMILES string of the molecule is Cc1cc(NCCN2CCCC2)no1. The van der Waals surface area contributed by atoms with Crippen molar-refractivity contribution in [2.45, 2.75) is 19.8 Å². The van der Waals surface area contributed by atoms with Gasteiger partial charge in [0.1, 0.15) is 5.76 Å². The van der Waals surface area contributed by atoms with Gasteiger partial charge >= 0.3 is 0 Å². The fourth-order valence-corrected chi connectivity index (χ4v) is 1.80. The summed E-state index contributed by atoms with van der Waals surface area (Å²) in [7, 11) is 0. The molecule has 1 saturated heterocycles. The number of hydrogen-bond acceptors (Lipinski definition) is 4. The van der Waals surface area contributed by atoms with Gasteiger partial charge in [0.05, 0.1) is 0 Å². The lowest BCUT2D eigenvalue weighted by atomic mass is 10.4. The van der Waals surface area contributed by atoms with Gasteiger partial charge < -0.3 is 14.7 Å². The van der Waals surface area contributed by atoms with Crippen LogP contribution in [-0.2, 0) is 0 Å². The average Bonchev–Trinajstić information content (AvgIpc) is 2.77. The Bertz CT molecular complexity index is 279. The zero-order valence-corrected chi connectivity index (χ0v) is 8.62. The van der Waals surface area contributed by atoms with Crippen molar-refractivity contribution < 1.29 is 4.52 Å². The standard InChI is InChI=1S/C10H17N3O/c1-9-8-10(12-14-9)11-4-7-13-5-2-3-6-13/h8H,2-7H2,1H3,(H,11,12). The van der Waals surface area contributed by atoms with E-state index in [0.29, 0.717) is 0 Å². The van der Waals surface area contributed by atoms with Gasteiger partial charge in [-0.1, -0.05) is 5.16 Å². The molecule has 0 atom stereocenters. The first kappa shape index (κ1) is 9.52. The second-order valence-electron chi connectivity index (χ2n) is 3.80. The lowest BCUT2D eigenvalue weighted by Gasteiger charge is -2.13. The minimum absolute atomic E-state index is 0.849. The first-order valence-electron chi connectivity index (χ1n) is 5.24. The van der Waals surface area contributed by atoms with Gasteiger partial charge in [-0.15, -0.1) is 0 Å². The minimum Gasteiger partial charge on any atom is -0.366 e. The topological polar surface area (TPSA) is 41.3 Å². The molecule has 4 nitrogen and oxygen atoms in total. The summed E-state index contributed by atoms with van der Waals surface area (Å²) in [6, 6.07) is 1.92. The fourth-order valence-electron chi connectivity index (χ4n) is 1.80. The van der Waals surface area contributed by atoms with E-state index in [0.717, 1.165) is 24.7 Å². The number of likely N-dealkylation sites (tertiary alicyclic amines) is 1. The molecule has 2 heterocycles. The molecule has 4 heteroatoms. The Morgan fingerprint density at radius 1 is 1.50 bits per heavy atom. The third kappa shape index (κ3) is 2.48. The van der Waals surface area contributed by atoms with E-state index in [-0.39, 0.29) is 0 Å². The van der Waals surface area contributed by atoms with Crippen LogP contribution in [0.3, 0.4) is 0 Å². The van der Waals surface area contributed by atoms with E-state index in [1.165, 1.54) is 25.9 Å². The molecule has 0 spiro atoms. The number of anilines is 1. The summed E-state index contributed by atoms with van der Waals surface area (Å²) < 4.78 is 4.96. The van der Waals surface area contributed by atoms with Crippen molar-refractivity contribution in [3.63, 3.8) is 0 Å². The van der Waals surface area contributed by atoms with E-state index in [9.17, 15) is 0 Å². The van der Waals surface area contributed by atoms with Crippen molar-refractivity contribution in [2.24, 2.45) is 0 Å². The first-order chi connectivity index (χ1) is 6.84. The van der Waals surface area contributed by atoms with E-state index >= 15 is 0 Å². The van der Waals surface area contributed by atoms with Crippen LogP contribution in [-0.4, -0.2) is 36.2 Å². The maximum Gasteiger partial charge on any atom is 0.169 e. The zero-order chi connectivity index (χ0) is 9.80. The third-order valence-corrected chi connectivity index (χ3v) is 2.56. The monoisotopic (exact) mass is 195 g/mol. The van der Waals surface area contributed by atoms with E-state index in [1.807, 2.05) is 13.0 Å². The minimum atomic E-state index is 0.849. The lowest BCUT2D eigenvalue weighted by Crippen LogP contribution is -2.25. The molecular weight excluding hydrogens is 178 g/mol. The summed E-state index contributed by atoms with van der Waals surface area (Å²) in [6.45, 7) is 6.45. The van der Waals surface area contributed by atoms with E-state index in [4.69, 9.17) is 4.52 Å². The molecule has 0 bridgehead atoms. The molecule has 1 fully saturated rings. The number of nitrogens with zero attached hydrogens (tertiary/aromatic N) is 2. The summed E-state index contributed by atoms with van der Waals surface area (Å²) in [5, 5.41) is 7.12. The Balaban J connectivity index is 1.67. The molecule has 0 radical (unpaired) electrons. The highest BCUT2D eigenvalue weighted by atomic mass is 16.5. The summed E-state index contributed by atoms with van der Waals surface area (Å²) >= 11 is 0. The Hall–Kier alpha value is -1.03. The van der Waals surface area contributed by atoms with Crippen molar-refractivity contribution in [2.75, 3.05) is 31.5 Å². The third-order valence-electron chi connectivity index (χ3n) is 2.56. The molecule has 1 aromatic heterocycles. The molecule has 0 aromatic carbocycles. The van der Waals surface area contributed by atoms with Gasteiger partial charge in [0, 0.05) is 19.2 Å². The zero-order valence-electron chi connectivity index (χ0n) is 8.62. The van der Waals surface area contributed by atoms with E-state index in [2.05, 4.69) is 15.4 Å². The molecule has 1 aromatic rings. The van der Waals surface area contributed by atoms with Crippen LogP contribution in [0, 0.1) is 6.92 Å². The number of hydrogen-bond donors (Lipinski definition) is 1. The summed E-state index contributed by atoms with van der Waals surface area (Å²) in [5.74, 6) is 1.70. The second kappa shape index (κ2) is 4.46. The van der Waals surface area contributed by atoms with Crippen molar-refractivity contribution in [1.29, 1.82) is 0 Å². The second-order valence-corrected chi connectivity index (χ2v) is 3.80. The molecule has 0 amide bonds. The summed E-state index contributed by atoms with van der Waals surface area (Å²) in [5.41, 5.74) is 0. The van der Waals surface area contributed by atoms with Crippen LogP contribution < -0.4 is 5.32 Å². The molecule has 1 N–H and O–H groups in total. The van der Waals surface area contributed by atoms with Gasteiger partial charge in [0.15, 0.2) is 5.82 Å². The highest BCUT2D eigenvalue weighted by Gasteiger charge is 2.10. The molecule has 0 saturated carbocycles. The first-order valence-corrected chi connectivity index (χ1v) is 5.24. The smallest absolute Gasteiger partial charge is 0.169 e. The predicted molar refractivity (Wildman–Crippen MR) is 55.4 cm³/mol. The van der Waals surface area contributed by atoms with Crippen LogP contribution in [0.5, 0.6) is 0 Å². The highest BCUT2D eigenvalue weighted by molar-refractivity contribution is 5.33. The Labute approximate surface area is 84.3 Å². The Morgan fingerprint density at radius 3 is 2.93 bits per heavy atom. The largest absolute Gasteiger partial charge is 0.366 e. The molecule has 1 aliphatic heterocycles. The van der Waals surface area contributed by atoms with Crippen molar-refractivity contribution in [3.05, 3.63) is 11.8 Å². The van der Waals surface area contributed by atoms with Crippen LogP contribution in [0.1, 0.15) is 18.6 Å². The van der Waals surface area contributed by atoms with E-state index in [1.54, 1.807) is 0 Å². The van der Waals surface area contributed by atoms with Gasteiger partial charge in [0.25, 0.3) is 0 Å². The number of aryl methyl sites for hydroxylation is 1. The number of nitrogens with one attached hydrogen (secondary N) is 1. The van der Waals surface area contributed by atoms with Gasteiger partial charge in [0.2, 0.25) is 0 Å². The highest BCUT2D eigenvalue weighted by Crippen LogP contribution is 2.08. The summed E-state index contributed by atoms with van der Waals surface area (Å²) in [6.07, 6.45) is 2.70. The van der Waals surface area contributed by atoms with Crippen molar-refractivity contribution >= 4 is 5.82 Å². The summed E-state index contributed by atoms with van der Waals surface area (Å²) in [4.78, 5) is 2.47. The van der Waals surface area contributed by atoms with Crippen LogP contribution in [0.15, 0.2) is 10.6 Å². The average molecular weight is 195 g/mol. The molecular formula is C10H17N3O. The quantitative estimate of drug-likeness (QED) is 0.790. The van der Waals surface area contributed by atoms with Gasteiger partial charge in [-0.25, -0.2) is 0 Å². The Morgan fingerprint density at radius 2 is 2.29 bits per heavy atom. The van der Waals surface area contributed by atoms with Crippen LogP contribution in [0.4, 0.5) is 5.82 Å². The molecule has 0 aliphatic carbocycles.